The van der Waals surface area contributed by atoms with E-state index in [-0.39, 0.29) is 0 Å². The summed E-state index contributed by atoms with van der Waals surface area (Å²) in [7, 11) is 0. The summed E-state index contributed by atoms with van der Waals surface area (Å²) < 4.78 is 83.5. The summed E-state index contributed by atoms with van der Waals surface area (Å²) in [5.41, 5.74) is 0. The Labute approximate surface area is 61.7 Å². The van der Waals surface area contributed by atoms with Crippen molar-refractivity contribution < 1.29 is 30.7 Å². The van der Waals surface area contributed by atoms with Crippen LogP contribution in [-0.4, -0.2) is 18.0 Å². The van der Waals surface area contributed by atoms with Crippen LogP contribution in [-0.2, 0) is 0 Å². The molecule has 1 unspecified atom stereocenters. The van der Waals surface area contributed by atoms with Crippen LogP contribution in [0, 0.1) is 0 Å². The lowest BCUT2D eigenvalue weighted by atomic mass is 10.2. The summed E-state index contributed by atoms with van der Waals surface area (Å²) in [5.74, 6) is -16.5. The van der Waals surface area contributed by atoms with E-state index in [0.29, 0.717) is 0 Å². The third kappa shape index (κ3) is 0.789. The summed E-state index contributed by atoms with van der Waals surface area (Å²) in [5, 5.41) is 0. The van der Waals surface area contributed by atoms with E-state index in [1.54, 1.807) is 0 Å². The molecular formula is C5HF7. The van der Waals surface area contributed by atoms with Gasteiger partial charge in [-0.1, -0.05) is 0 Å². The van der Waals surface area contributed by atoms with E-state index < -0.39 is 29.7 Å². The minimum Gasteiger partial charge on any atom is -0.233 e. The number of rotatable bonds is 0. The Balaban J connectivity index is 3.22. The van der Waals surface area contributed by atoms with Crippen molar-refractivity contribution in [2.75, 3.05) is 0 Å². The van der Waals surface area contributed by atoms with Gasteiger partial charge in [0.25, 0.3) is 0 Å². The Morgan fingerprint density at radius 1 is 1.00 bits per heavy atom. The first kappa shape index (κ1) is 9.34. The normalized spacial score (nSPS) is 32.8. The summed E-state index contributed by atoms with van der Waals surface area (Å²) in [6.07, 6.45) is -3.90. The molecule has 1 aliphatic rings. The van der Waals surface area contributed by atoms with Crippen molar-refractivity contribution in [2.45, 2.75) is 18.0 Å². The highest BCUT2D eigenvalue weighted by atomic mass is 19.3. The van der Waals surface area contributed by atoms with E-state index in [1.807, 2.05) is 0 Å². The van der Waals surface area contributed by atoms with Crippen LogP contribution in [0.15, 0.2) is 11.7 Å². The molecule has 70 valence electrons. The van der Waals surface area contributed by atoms with Crippen LogP contribution in [0.5, 0.6) is 0 Å². The van der Waals surface area contributed by atoms with Gasteiger partial charge < -0.3 is 0 Å². The molecular weight excluding hydrogens is 193 g/mol. The Hall–Kier alpha value is -0.750. The van der Waals surface area contributed by atoms with Crippen LogP contribution < -0.4 is 0 Å². The van der Waals surface area contributed by atoms with Crippen LogP contribution in [0.2, 0.25) is 0 Å². The second-order valence-electron chi connectivity index (χ2n) is 2.22. The predicted molar refractivity (Wildman–Crippen MR) is 24.0 cm³/mol. The largest absolute Gasteiger partial charge is 0.366 e. The number of hydrogen-bond acceptors (Lipinski definition) is 0. The number of hydrogen-bond donors (Lipinski definition) is 0. The maximum Gasteiger partial charge on any atom is 0.366 e. The first-order valence-corrected chi connectivity index (χ1v) is 2.68. The Bertz CT molecular complexity index is 240. The lowest BCUT2D eigenvalue weighted by Crippen LogP contribution is -2.42. The second-order valence-corrected chi connectivity index (χ2v) is 2.22. The van der Waals surface area contributed by atoms with Crippen LogP contribution >= 0.6 is 0 Å². The topological polar surface area (TPSA) is 0 Å². The Morgan fingerprint density at radius 3 is 1.50 bits per heavy atom. The van der Waals surface area contributed by atoms with Gasteiger partial charge in [0.2, 0.25) is 12.0 Å². The maximum absolute atomic E-state index is 12.0. The maximum atomic E-state index is 12.0. The highest BCUT2D eigenvalue weighted by Gasteiger charge is 2.72. The summed E-state index contributed by atoms with van der Waals surface area (Å²) in [6.45, 7) is 0. The first-order valence-electron chi connectivity index (χ1n) is 2.68. The van der Waals surface area contributed by atoms with E-state index in [9.17, 15) is 30.7 Å². The van der Waals surface area contributed by atoms with Gasteiger partial charge in [-0.25, -0.2) is 13.2 Å². The highest BCUT2D eigenvalue weighted by molar-refractivity contribution is 5.29. The molecule has 0 nitrogen and oxygen atoms in total. The van der Waals surface area contributed by atoms with E-state index in [2.05, 4.69) is 0 Å². The lowest BCUT2D eigenvalue weighted by molar-refractivity contribution is -0.204. The molecule has 0 aromatic rings. The molecule has 0 aromatic heterocycles. The summed E-state index contributed by atoms with van der Waals surface area (Å²) in [4.78, 5) is 0. The first-order chi connectivity index (χ1) is 5.23. The fourth-order valence-corrected chi connectivity index (χ4v) is 0.726. The molecule has 0 radical (unpaired) electrons. The standard InChI is InChI=1S/C5HF7/c6-1-2(7)4(9,10)5(11,12)3(1)8/h2H. The van der Waals surface area contributed by atoms with Crippen molar-refractivity contribution in [2.24, 2.45) is 0 Å². The SMILES string of the molecule is FC1=C(F)C(F)(F)C(F)(F)C1F. The quantitative estimate of drug-likeness (QED) is 0.520. The third-order valence-electron chi connectivity index (χ3n) is 1.44. The van der Waals surface area contributed by atoms with Crippen LogP contribution in [0.1, 0.15) is 0 Å². The molecule has 1 rings (SSSR count). The van der Waals surface area contributed by atoms with Crippen molar-refractivity contribution >= 4 is 0 Å². The minimum absolute atomic E-state index is 2.73. The van der Waals surface area contributed by atoms with Gasteiger partial charge >= 0.3 is 11.8 Å². The van der Waals surface area contributed by atoms with Gasteiger partial charge in [-0.05, 0) is 0 Å². The zero-order chi connectivity index (χ0) is 9.73. The van der Waals surface area contributed by atoms with E-state index in [1.165, 1.54) is 0 Å². The Morgan fingerprint density at radius 2 is 1.42 bits per heavy atom. The molecule has 1 aliphatic carbocycles. The molecule has 0 aromatic carbocycles. The van der Waals surface area contributed by atoms with Gasteiger partial charge in [0.1, 0.15) is 0 Å². The van der Waals surface area contributed by atoms with E-state index in [4.69, 9.17) is 0 Å². The highest BCUT2D eigenvalue weighted by Crippen LogP contribution is 2.53. The van der Waals surface area contributed by atoms with Crippen molar-refractivity contribution in [1.82, 2.24) is 0 Å². The minimum atomic E-state index is -5.38. The lowest BCUT2D eigenvalue weighted by Gasteiger charge is -2.18. The van der Waals surface area contributed by atoms with Gasteiger partial charge in [-0.3, -0.25) is 0 Å². The van der Waals surface area contributed by atoms with Gasteiger partial charge in [-0.2, -0.15) is 17.6 Å². The summed E-state index contributed by atoms with van der Waals surface area (Å²) in [6, 6.07) is 0. The third-order valence-corrected chi connectivity index (χ3v) is 1.44. The van der Waals surface area contributed by atoms with Crippen molar-refractivity contribution in [3.63, 3.8) is 0 Å². The number of alkyl halides is 5. The zero-order valence-electron chi connectivity index (χ0n) is 5.22. The molecule has 0 aliphatic heterocycles. The fourth-order valence-electron chi connectivity index (χ4n) is 0.726. The molecule has 0 amide bonds. The predicted octanol–water partition coefficient (Wildman–Crippen LogP) is 2.76. The van der Waals surface area contributed by atoms with E-state index in [0.717, 1.165) is 0 Å². The molecule has 0 heterocycles. The van der Waals surface area contributed by atoms with Gasteiger partial charge in [0.05, 0.1) is 0 Å². The average Bonchev–Trinajstić information content (AvgIpc) is 2.05. The molecule has 1 atom stereocenters. The molecule has 0 fully saturated rings. The smallest absolute Gasteiger partial charge is 0.233 e. The molecule has 0 bridgehead atoms. The fraction of sp³-hybridized carbons (Fsp3) is 0.600. The molecule has 0 saturated heterocycles. The molecule has 12 heavy (non-hydrogen) atoms. The second kappa shape index (κ2) is 2.14. The van der Waals surface area contributed by atoms with E-state index >= 15 is 0 Å². The van der Waals surface area contributed by atoms with Gasteiger partial charge in [-0.15, -0.1) is 0 Å². The van der Waals surface area contributed by atoms with Gasteiger partial charge in [0, 0.05) is 0 Å². The average molecular weight is 194 g/mol. The van der Waals surface area contributed by atoms with Crippen molar-refractivity contribution in [3.8, 4) is 0 Å². The monoisotopic (exact) mass is 194 g/mol. The Kier molecular flexibility index (Phi) is 1.66. The van der Waals surface area contributed by atoms with Crippen molar-refractivity contribution in [3.05, 3.63) is 11.7 Å². The molecule has 0 N–H and O–H groups in total. The molecule has 7 heteroatoms. The van der Waals surface area contributed by atoms with Crippen molar-refractivity contribution in [1.29, 1.82) is 0 Å². The summed E-state index contributed by atoms with van der Waals surface area (Å²) >= 11 is 0. The molecule has 0 spiro atoms. The van der Waals surface area contributed by atoms with Crippen LogP contribution in [0.3, 0.4) is 0 Å². The molecule has 0 saturated carbocycles. The number of halogens is 7. The van der Waals surface area contributed by atoms with Crippen LogP contribution in [0.25, 0.3) is 0 Å². The van der Waals surface area contributed by atoms with Crippen LogP contribution in [0.4, 0.5) is 30.7 Å². The zero-order valence-corrected chi connectivity index (χ0v) is 5.22. The number of allylic oxidation sites excluding steroid dienone is 2. The van der Waals surface area contributed by atoms with Gasteiger partial charge in [0.15, 0.2) is 5.83 Å².